The Balaban J connectivity index is 1.75. The molecule has 2 aromatic rings. The van der Waals surface area contributed by atoms with Crippen molar-refractivity contribution in [1.29, 1.82) is 0 Å². The Morgan fingerprint density at radius 2 is 1.57 bits per heavy atom. The molecule has 0 saturated heterocycles. The fraction of sp³-hybridized carbons (Fsp3) is 0.118. The number of ether oxygens (including phenoxy) is 1. The molecular formula is C17H15NO3. The van der Waals surface area contributed by atoms with E-state index in [2.05, 4.69) is 0 Å². The normalized spacial score (nSPS) is 17.3. The van der Waals surface area contributed by atoms with Crippen molar-refractivity contribution < 1.29 is 14.6 Å². The van der Waals surface area contributed by atoms with E-state index >= 15 is 0 Å². The van der Waals surface area contributed by atoms with Gasteiger partial charge in [-0.25, -0.2) is 0 Å². The Hall–Kier alpha value is -2.59. The van der Waals surface area contributed by atoms with Crippen LogP contribution in [0.2, 0.25) is 0 Å². The lowest BCUT2D eigenvalue weighted by molar-refractivity contribution is -0.114. The number of aliphatic hydroxyl groups excluding tert-OH is 1. The van der Waals surface area contributed by atoms with Gasteiger partial charge in [-0.2, -0.15) is 0 Å². The summed E-state index contributed by atoms with van der Waals surface area (Å²) in [4.78, 5) is 13.0. The van der Waals surface area contributed by atoms with E-state index in [1.54, 1.807) is 24.3 Å². The number of amides is 1. The molecule has 1 heterocycles. The van der Waals surface area contributed by atoms with Gasteiger partial charge in [-0.3, -0.25) is 9.69 Å². The molecular weight excluding hydrogens is 266 g/mol. The zero-order valence-electron chi connectivity index (χ0n) is 11.6. The maximum Gasteiger partial charge on any atom is 0.253 e. The van der Waals surface area contributed by atoms with E-state index in [1.165, 1.54) is 22.6 Å². The van der Waals surface area contributed by atoms with Crippen LogP contribution < -0.4 is 9.64 Å². The second-order valence-electron chi connectivity index (χ2n) is 4.89. The molecule has 1 aliphatic rings. The first-order valence-electron chi connectivity index (χ1n) is 6.67. The predicted octanol–water partition coefficient (Wildman–Crippen LogP) is 3.01. The van der Waals surface area contributed by atoms with Crippen molar-refractivity contribution in [3.8, 4) is 11.5 Å². The second-order valence-corrected chi connectivity index (χ2v) is 4.89. The van der Waals surface area contributed by atoms with Crippen LogP contribution in [-0.4, -0.2) is 17.2 Å². The molecule has 4 heteroatoms. The molecule has 2 aromatic carbocycles. The lowest BCUT2D eigenvalue weighted by Gasteiger charge is -2.20. The Morgan fingerprint density at radius 3 is 2.10 bits per heavy atom. The number of carbonyl (C=O) groups excluding carboxylic acids is 1. The number of anilines is 1. The summed E-state index contributed by atoms with van der Waals surface area (Å²) in [6, 6.07) is 14.8. The monoisotopic (exact) mass is 281 g/mol. The molecule has 0 aliphatic carbocycles. The van der Waals surface area contributed by atoms with Crippen LogP contribution in [0.4, 0.5) is 5.69 Å². The smallest absolute Gasteiger partial charge is 0.253 e. The average Bonchev–Trinajstić information content (AvgIpc) is 2.82. The highest BCUT2D eigenvalue weighted by atomic mass is 16.5. The Bertz CT molecular complexity index is 674. The number of aliphatic hydroxyl groups is 1. The van der Waals surface area contributed by atoms with Crippen molar-refractivity contribution in [2.75, 3.05) is 4.90 Å². The SMILES string of the molecule is Cc1ccc(Oc2ccc(N3C(=O)C=CC3O)cc2)cc1. The van der Waals surface area contributed by atoms with Crippen molar-refractivity contribution in [2.45, 2.75) is 13.2 Å². The van der Waals surface area contributed by atoms with E-state index in [0.717, 1.165) is 5.75 Å². The van der Waals surface area contributed by atoms with Crippen LogP contribution in [0.25, 0.3) is 0 Å². The molecule has 3 rings (SSSR count). The van der Waals surface area contributed by atoms with Gasteiger partial charge in [-0.05, 0) is 49.4 Å². The minimum absolute atomic E-state index is 0.227. The summed E-state index contributed by atoms with van der Waals surface area (Å²) in [6.45, 7) is 2.02. The molecule has 1 aliphatic heterocycles. The fourth-order valence-corrected chi connectivity index (χ4v) is 2.16. The van der Waals surface area contributed by atoms with E-state index < -0.39 is 6.23 Å². The highest BCUT2D eigenvalue weighted by Crippen LogP contribution is 2.27. The summed E-state index contributed by atoms with van der Waals surface area (Å²) in [6.07, 6.45) is 1.92. The maximum atomic E-state index is 11.6. The van der Waals surface area contributed by atoms with Crippen LogP contribution in [0.5, 0.6) is 11.5 Å². The minimum Gasteiger partial charge on any atom is -0.457 e. The predicted molar refractivity (Wildman–Crippen MR) is 80.3 cm³/mol. The average molecular weight is 281 g/mol. The van der Waals surface area contributed by atoms with Crippen molar-refractivity contribution in [2.24, 2.45) is 0 Å². The number of nitrogens with zero attached hydrogens (tertiary/aromatic N) is 1. The van der Waals surface area contributed by atoms with Crippen molar-refractivity contribution >= 4 is 11.6 Å². The quantitative estimate of drug-likeness (QED) is 0.941. The number of rotatable bonds is 3. The van der Waals surface area contributed by atoms with Gasteiger partial charge in [-0.1, -0.05) is 17.7 Å². The standard InChI is InChI=1S/C17H15NO3/c1-12-2-6-14(7-3-12)21-15-8-4-13(5-9-15)18-16(19)10-11-17(18)20/h2-11,16,19H,1H3. The van der Waals surface area contributed by atoms with E-state index in [-0.39, 0.29) is 5.91 Å². The van der Waals surface area contributed by atoms with Gasteiger partial charge in [0.15, 0.2) is 6.23 Å². The van der Waals surface area contributed by atoms with Gasteiger partial charge in [0.25, 0.3) is 5.91 Å². The van der Waals surface area contributed by atoms with Crippen LogP contribution in [0.1, 0.15) is 5.56 Å². The number of aryl methyl sites for hydroxylation is 1. The third kappa shape index (κ3) is 2.80. The van der Waals surface area contributed by atoms with Crippen molar-refractivity contribution in [3.63, 3.8) is 0 Å². The zero-order valence-corrected chi connectivity index (χ0v) is 11.6. The summed E-state index contributed by atoms with van der Waals surface area (Å²) in [7, 11) is 0. The summed E-state index contributed by atoms with van der Waals surface area (Å²) in [5.41, 5.74) is 1.81. The van der Waals surface area contributed by atoms with Gasteiger partial charge in [-0.15, -0.1) is 0 Å². The highest BCUT2D eigenvalue weighted by molar-refractivity contribution is 6.04. The summed E-state index contributed by atoms with van der Waals surface area (Å²) < 4.78 is 5.72. The molecule has 1 N–H and O–H groups in total. The maximum absolute atomic E-state index is 11.6. The van der Waals surface area contributed by atoms with Gasteiger partial charge in [0, 0.05) is 11.8 Å². The molecule has 0 radical (unpaired) electrons. The summed E-state index contributed by atoms with van der Waals surface area (Å²) in [5.74, 6) is 1.21. The van der Waals surface area contributed by atoms with Crippen LogP contribution >= 0.6 is 0 Å². The van der Waals surface area contributed by atoms with Crippen LogP contribution in [0.3, 0.4) is 0 Å². The Morgan fingerprint density at radius 1 is 1.00 bits per heavy atom. The molecule has 0 bridgehead atoms. The number of hydrogen-bond acceptors (Lipinski definition) is 3. The van der Waals surface area contributed by atoms with Gasteiger partial charge in [0.1, 0.15) is 11.5 Å². The lowest BCUT2D eigenvalue weighted by atomic mass is 10.2. The summed E-state index contributed by atoms with van der Waals surface area (Å²) in [5, 5.41) is 9.73. The molecule has 21 heavy (non-hydrogen) atoms. The van der Waals surface area contributed by atoms with Gasteiger partial charge < -0.3 is 9.84 Å². The Kier molecular flexibility index (Phi) is 3.46. The number of carbonyl (C=O) groups is 1. The molecule has 0 fully saturated rings. The topological polar surface area (TPSA) is 49.8 Å². The minimum atomic E-state index is -0.902. The molecule has 1 amide bonds. The van der Waals surface area contributed by atoms with E-state index in [4.69, 9.17) is 4.74 Å². The second kappa shape index (κ2) is 5.42. The third-order valence-corrected chi connectivity index (χ3v) is 3.28. The van der Waals surface area contributed by atoms with E-state index in [0.29, 0.717) is 11.4 Å². The van der Waals surface area contributed by atoms with Crippen LogP contribution in [0.15, 0.2) is 60.7 Å². The van der Waals surface area contributed by atoms with Gasteiger partial charge >= 0.3 is 0 Å². The molecule has 1 unspecified atom stereocenters. The summed E-state index contributed by atoms with van der Waals surface area (Å²) >= 11 is 0. The first kappa shape index (κ1) is 13.4. The Labute approximate surface area is 122 Å². The van der Waals surface area contributed by atoms with Crippen LogP contribution in [0, 0.1) is 6.92 Å². The van der Waals surface area contributed by atoms with E-state index in [9.17, 15) is 9.90 Å². The number of benzene rings is 2. The number of hydrogen-bond donors (Lipinski definition) is 1. The lowest BCUT2D eigenvalue weighted by Crippen LogP contribution is -2.33. The molecule has 0 spiro atoms. The van der Waals surface area contributed by atoms with Crippen molar-refractivity contribution in [1.82, 2.24) is 0 Å². The first-order valence-corrected chi connectivity index (χ1v) is 6.67. The van der Waals surface area contributed by atoms with Crippen LogP contribution in [-0.2, 0) is 4.79 Å². The van der Waals surface area contributed by atoms with Crippen molar-refractivity contribution in [3.05, 3.63) is 66.2 Å². The zero-order chi connectivity index (χ0) is 14.8. The molecule has 106 valence electrons. The highest BCUT2D eigenvalue weighted by Gasteiger charge is 2.25. The molecule has 0 saturated carbocycles. The largest absolute Gasteiger partial charge is 0.457 e. The third-order valence-electron chi connectivity index (χ3n) is 3.28. The first-order chi connectivity index (χ1) is 10.1. The fourth-order valence-electron chi connectivity index (χ4n) is 2.16. The molecule has 4 nitrogen and oxygen atoms in total. The van der Waals surface area contributed by atoms with Gasteiger partial charge in [0.05, 0.1) is 0 Å². The van der Waals surface area contributed by atoms with Gasteiger partial charge in [0.2, 0.25) is 0 Å². The molecule has 0 aromatic heterocycles. The molecule has 1 atom stereocenters. The van der Waals surface area contributed by atoms with E-state index in [1.807, 2.05) is 31.2 Å².